The number of nitrogens with one attached hydrogen (secondary N) is 1. The minimum atomic E-state index is -3.82. The molecule has 0 aliphatic carbocycles. The summed E-state index contributed by atoms with van der Waals surface area (Å²) in [7, 11) is -3.82. The van der Waals surface area contributed by atoms with Crippen LogP contribution in [0.2, 0.25) is 0 Å². The molecule has 1 heterocycles. The van der Waals surface area contributed by atoms with Crippen molar-refractivity contribution in [1.82, 2.24) is 9.03 Å². The first-order valence-corrected chi connectivity index (χ1v) is 7.76. The smallest absolute Gasteiger partial charge is 0.324 e. The standard InChI is InChI=1S/C11H22N2O5S/c1-4-18-10(15)9-6-5-7-13(9)19(16,17)12-11(2,3)8-14/h9,12,14H,4-8H2,1-3H3. The number of aliphatic hydroxyl groups excluding tert-OH is 1. The average Bonchev–Trinajstić information content (AvgIpc) is 2.77. The van der Waals surface area contributed by atoms with Crippen LogP contribution in [0.15, 0.2) is 0 Å². The van der Waals surface area contributed by atoms with Crippen LogP contribution in [0.5, 0.6) is 0 Å². The van der Waals surface area contributed by atoms with Gasteiger partial charge in [0.2, 0.25) is 0 Å². The van der Waals surface area contributed by atoms with Crippen molar-refractivity contribution in [2.24, 2.45) is 0 Å². The Morgan fingerprint density at radius 2 is 2.16 bits per heavy atom. The zero-order valence-corrected chi connectivity index (χ0v) is 12.4. The van der Waals surface area contributed by atoms with Crippen LogP contribution < -0.4 is 4.72 Å². The van der Waals surface area contributed by atoms with E-state index in [0.29, 0.717) is 12.8 Å². The second-order valence-corrected chi connectivity index (χ2v) is 6.79. The summed E-state index contributed by atoms with van der Waals surface area (Å²) in [5.74, 6) is -0.521. The van der Waals surface area contributed by atoms with Gasteiger partial charge in [-0.05, 0) is 33.6 Å². The van der Waals surface area contributed by atoms with Gasteiger partial charge in [-0.2, -0.15) is 17.4 Å². The zero-order valence-electron chi connectivity index (χ0n) is 11.5. The molecule has 0 aromatic heterocycles. The molecule has 1 aliphatic rings. The molecule has 1 unspecified atom stereocenters. The Balaban J connectivity index is 2.85. The summed E-state index contributed by atoms with van der Waals surface area (Å²) in [6.07, 6.45) is 1.07. The predicted octanol–water partition coefficient (Wildman–Crippen LogP) is -0.381. The van der Waals surface area contributed by atoms with Gasteiger partial charge in [-0.15, -0.1) is 0 Å². The normalized spacial score (nSPS) is 21.6. The van der Waals surface area contributed by atoms with E-state index in [0.717, 1.165) is 4.31 Å². The summed E-state index contributed by atoms with van der Waals surface area (Å²) in [5, 5.41) is 9.12. The van der Waals surface area contributed by atoms with Crippen molar-refractivity contribution >= 4 is 16.2 Å². The molecule has 1 saturated heterocycles. The molecule has 0 radical (unpaired) electrons. The van der Waals surface area contributed by atoms with Crippen molar-refractivity contribution in [1.29, 1.82) is 0 Å². The Labute approximate surface area is 114 Å². The fourth-order valence-corrected chi connectivity index (χ4v) is 3.72. The lowest BCUT2D eigenvalue weighted by atomic mass is 10.1. The molecule has 19 heavy (non-hydrogen) atoms. The van der Waals surface area contributed by atoms with Crippen LogP contribution in [0.25, 0.3) is 0 Å². The van der Waals surface area contributed by atoms with E-state index in [1.807, 2.05) is 0 Å². The van der Waals surface area contributed by atoms with Gasteiger partial charge < -0.3 is 9.84 Å². The van der Waals surface area contributed by atoms with Gasteiger partial charge in [0, 0.05) is 6.54 Å². The van der Waals surface area contributed by atoms with E-state index in [-0.39, 0.29) is 19.8 Å². The van der Waals surface area contributed by atoms with Crippen LogP contribution in [0.4, 0.5) is 0 Å². The number of rotatable bonds is 6. The molecular formula is C11H22N2O5S. The first-order chi connectivity index (χ1) is 8.73. The second kappa shape index (κ2) is 6.17. The Morgan fingerprint density at radius 3 is 2.68 bits per heavy atom. The molecule has 0 aromatic carbocycles. The number of ether oxygens (including phenoxy) is 1. The summed E-state index contributed by atoms with van der Waals surface area (Å²) < 4.78 is 32.8. The van der Waals surface area contributed by atoms with Crippen LogP contribution in [0.3, 0.4) is 0 Å². The molecule has 0 bridgehead atoms. The highest BCUT2D eigenvalue weighted by molar-refractivity contribution is 7.87. The molecule has 0 aromatic rings. The third kappa shape index (κ3) is 4.13. The van der Waals surface area contributed by atoms with Crippen LogP contribution in [-0.4, -0.2) is 55.1 Å². The van der Waals surface area contributed by atoms with Crippen LogP contribution in [0.1, 0.15) is 33.6 Å². The maximum Gasteiger partial charge on any atom is 0.324 e. The van der Waals surface area contributed by atoms with Crippen LogP contribution in [-0.2, 0) is 19.7 Å². The average molecular weight is 294 g/mol. The molecule has 1 aliphatic heterocycles. The van der Waals surface area contributed by atoms with Gasteiger partial charge in [0.1, 0.15) is 6.04 Å². The van der Waals surface area contributed by atoms with Gasteiger partial charge >= 0.3 is 5.97 Å². The summed E-state index contributed by atoms with van der Waals surface area (Å²) in [6, 6.07) is -0.771. The molecule has 112 valence electrons. The van der Waals surface area contributed by atoms with Crippen molar-refractivity contribution in [3.8, 4) is 0 Å². The highest BCUT2D eigenvalue weighted by Crippen LogP contribution is 2.22. The van der Waals surface area contributed by atoms with Crippen LogP contribution in [0, 0.1) is 0 Å². The predicted molar refractivity (Wildman–Crippen MR) is 69.6 cm³/mol. The number of carbonyl (C=O) groups excluding carboxylic acids is 1. The van der Waals surface area contributed by atoms with Crippen molar-refractivity contribution < 1.29 is 23.1 Å². The summed E-state index contributed by atoms with van der Waals surface area (Å²) in [4.78, 5) is 11.7. The molecule has 2 N–H and O–H groups in total. The Hall–Kier alpha value is -0.700. The molecule has 0 saturated carbocycles. The van der Waals surface area contributed by atoms with Crippen molar-refractivity contribution in [3.05, 3.63) is 0 Å². The monoisotopic (exact) mass is 294 g/mol. The third-order valence-electron chi connectivity index (χ3n) is 2.87. The van der Waals surface area contributed by atoms with Crippen LogP contribution >= 0.6 is 0 Å². The topological polar surface area (TPSA) is 95.9 Å². The number of esters is 1. The molecule has 8 heteroatoms. The largest absolute Gasteiger partial charge is 0.465 e. The summed E-state index contributed by atoms with van der Waals surface area (Å²) in [6.45, 7) is 4.99. The summed E-state index contributed by atoms with van der Waals surface area (Å²) >= 11 is 0. The molecule has 0 spiro atoms. The van der Waals surface area contributed by atoms with Gasteiger partial charge in [0.15, 0.2) is 0 Å². The Morgan fingerprint density at radius 1 is 1.53 bits per heavy atom. The number of hydrogen-bond acceptors (Lipinski definition) is 5. The SMILES string of the molecule is CCOC(=O)C1CCCN1S(=O)(=O)NC(C)(C)CO. The van der Waals surface area contributed by atoms with Gasteiger partial charge in [-0.25, -0.2) is 0 Å². The van der Waals surface area contributed by atoms with Gasteiger partial charge in [0.25, 0.3) is 10.2 Å². The molecule has 1 atom stereocenters. The molecule has 0 amide bonds. The van der Waals surface area contributed by atoms with E-state index >= 15 is 0 Å². The van der Waals surface area contributed by atoms with Crippen molar-refractivity contribution in [3.63, 3.8) is 0 Å². The van der Waals surface area contributed by atoms with E-state index in [4.69, 9.17) is 9.84 Å². The second-order valence-electron chi connectivity index (χ2n) is 5.17. The fraction of sp³-hybridized carbons (Fsp3) is 0.909. The maximum absolute atomic E-state index is 12.2. The van der Waals surface area contributed by atoms with E-state index in [2.05, 4.69) is 4.72 Å². The number of hydrogen-bond donors (Lipinski definition) is 2. The minimum Gasteiger partial charge on any atom is -0.465 e. The third-order valence-corrected chi connectivity index (χ3v) is 4.74. The minimum absolute atomic E-state index is 0.221. The quantitative estimate of drug-likeness (QED) is 0.651. The number of nitrogens with zero attached hydrogens (tertiary/aromatic N) is 1. The molecule has 1 rings (SSSR count). The highest BCUT2D eigenvalue weighted by atomic mass is 32.2. The van der Waals surface area contributed by atoms with Gasteiger partial charge in [-0.3, -0.25) is 4.79 Å². The lowest BCUT2D eigenvalue weighted by molar-refractivity contribution is -0.146. The molecule has 7 nitrogen and oxygen atoms in total. The van der Waals surface area contributed by atoms with E-state index in [1.54, 1.807) is 20.8 Å². The van der Waals surface area contributed by atoms with Gasteiger partial charge in [0.05, 0.1) is 18.8 Å². The van der Waals surface area contributed by atoms with Crippen molar-refractivity contribution in [2.75, 3.05) is 19.8 Å². The molecule has 1 fully saturated rings. The lowest BCUT2D eigenvalue weighted by Crippen LogP contribution is -2.54. The first-order valence-electron chi connectivity index (χ1n) is 6.32. The number of carbonyl (C=O) groups is 1. The first kappa shape index (κ1) is 16.4. The molecular weight excluding hydrogens is 272 g/mol. The highest BCUT2D eigenvalue weighted by Gasteiger charge is 2.41. The summed E-state index contributed by atoms with van der Waals surface area (Å²) in [5.41, 5.74) is -0.972. The zero-order chi connectivity index (χ0) is 14.7. The fourth-order valence-electron chi connectivity index (χ4n) is 1.94. The van der Waals surface area contributed by atoms with Gasteiger partial charge in [-0.1, -0.05) is 0 Å². The lowest BCUT2D eigenvalue weighted by Gasteiger charge is -2.29. The van der Waals surface area contributed by atoms with E-state index < -0.39 is 27.8 Å². The van der Waals surface area contributed by atoms with Crippen molar-refractivity contribution in [2.45, 2.75) is 45.2 Å². The number of aliphatic hydroxyl groups is 1. The van der Waals surface area contributed by atoms with E-state index in [9.17, 15) is 13.2 Å². The maximum atomic E-state index is 12.2. The van der Waals surface area contributed by atoms with E-state index in [1.165, 1.54) is 0 Å². The Bertz CT molecular complexity index is 421. The Kier molecular flexibility index (Phi) is 5.31.